The molecule has 6 heteroatoms. The Labute approximate surface area is 258 Å². The van der Waals surface area contributed by atoms with E-state index in [2.05, 4.69) is 19.2 Å². The van der Waals surface area contributed by atoms with Crippen LogP contribution < -0.4 is 5.32 Å². The lowest BCUT2D eigenvalue weighted by atomic mass is 10.0. The minimum absolute atomic E-state index is 0.0248. The maximum atomic E-state index is 11.7. The molecule has 0 aliphatic rings. The van der Waals surface area contributed by atoms with Gasteiger partial charge in [0, 0.05) is 18.5 Å². The molecule has 1 amide bonds. The first kappa shape index (κ1) is 40.1. The molecule has 2 atom stereocenters. The van der Waals surface area contributed by atoms with Crippen molar-refractivity contribution in [2.24, 2.45) is 0 Å². The van der Waals surface area contributed by atoms with Gasteiger partial charge in [-0.1, -0.05) is 148 Å². The fourth-order valence-corrected chi connectivity index (χ4v) is 5.00. The van der Waals surface area contributed by atoms with Crippen LogP contribution in [0.1, 0.15) is 168 Å². The lowest BCUT2D eigenvalue weighted by Gasteiger charge is -2.10. The monoisotopic (exact) mass is 591 g/mol. The van der Waals surface area contributed by atoms with Crippen LogP contribution in [0.25, 0.3) is 0 Å². The van der Waals surface area contributed by atoms with Crippen LogP contribution in [-0.2, 0) is 9.59 Å². The first-order chi connectivity index (χ1) is 20.4. The number of unbranched alkanes of at least 4 members (excludes halogenated alkanes) is 16. The van der Waals surface area contributed by atoms with E-state index < -0.39 is 12.1 Å². The average Bonchev–Trinajstić information content (AvgIpc) is 2.98. The first-order valence-electron chi connectivity index (χ1n) is 17.3. The Kier molecular flexibility index (Phi) is 29.1. The molecule has 0 aromatic heterocycles. The number of carboxylic acids is 1. The zero-order chi connectivity index (χ0) is 31.1. The van der Waals surface area contributed by atoms with Crippen LogP contribution in [0, 0.1) is 0 Å². The number of carboxylic acid groups (broad SMARTS) is 1. The number of aliphatic hydroxyl groups is 2. The van der Waals surface area contributed by atoms with Gasteiger partial charge in [-0.05, 0) is 37.8 Å². The second-order valence-corrected chi connectivity index (χ2v) is 11.9. The quantitative estimate of drug-likeness (QED) is 0.0762. The molecule has 0 saturated carbocycles. The van der Waals surface area contributed by atoms with E-state index in [-0.39, 0.29) is 18.4 Å². The molecular formula is C36H65NO5. The van der Waals surface area contributed by atoms with Crippen molar-refractivity contribution in [3.05, 3.63) is 30.3 Å². The molecule has 0 bridgehead atoms. The molecule has 0 aliphatic heterocycles. The molecule has 0 fully saturated rings. The number of rotatable bonds is 27. The van der Waals surface area contributed by atoms with Crippen LogP contribution in [0.5, 0.6) is 0 Å². The van der Waals surface area contributed by atoms with Gasteiger partial charge in [-0.15, -0.1) is 0 Å². The highest BCUT2D eigenvalue weighted by Crippen LogP contribution is 2.15. The number of hydrogen-bond acceptors (Lipinski definition) is 4. The van der Waals surface area contributed by atoms with Crippen LogP contribution >= 0.6 is 0 Å². The lowest BCUT2D eigenvalue weighted by molar-refractivity contribution is -0.137. The molecule has 0 heterocycles. The second-order valence-electron chi connectivity index (χ2n) is 11.9. The molecule has 1 aromatic rings. The Balaban J connectivity index is 0.000000800. The van der Waals surface area contributed by atoms with Gasteiger partial charge in [-0.3, -0.25) is 9.59 Å². The van der Waals surface area contributed by atoms with Gasteiger partial charge >= 0.3 is 5.97 Å². The third-order valence-electron chi connectivity index (χ3n) is 7.74. The van der Waals surface area contributed by atoms with Gasteiger partial charge in [0.25, 0.3) is 0 Å². The van der Waals surface area contributed by atoms with Crippen molar-refractivity contribution in [2.45, 2.75) is 180 Å². The summed E-state index contributed by atoms with van der Waals surface area (Å²) in [5, 5.41) is 30.8. The van der Waals surface area contributed by atoms with Crippen molar-refractivity contribution in [2.75, 3.05) is 5.32 Å². The third kappa shape index (κ3) is 29.6. The maximum absolute atomic E-state index is 11.7. The summed E-state index contributed by atoms with van der Waals surface area (Å²) < 4.78 is 0. The van der Waals surface area contributed by atoms with E-state index in [4.69, 9.17) is 5.11 Å². The van der Waals surface area contributed by atoms with Gasteiger partial charge in [-0.25, -0.2) is 0 Å². The van der Waals surface area contributed by atoms with E-state index in [1.54, 1.807) is 0 Å². The van der Waals surface area contributed by atoms with E-state index in [1.807, 2.05) is 30.3 Å². The lowest BCUT2D eigenvalue weighted by Crippen LogP contribution is -2.15. The summed E-state index contributed by atoms with van der Waals surface area (Å²) in [4.78, 5) is 22.1. The number of aliphatic hydroxyl groups excluding tert-OH is 2. The zero-order valence-electron chi connectivity index (χ0n) is 27.2. The number of nitrogens with one attached hydrogen (secondary N) is 1. The van der Waals surface area contributed by atoms with Gasteiger partial charge in [0.1, 0.15) is 0 Å². The largest absolute Gasteiger partial charge is 0.481 e. The maximum Gasteiger partial charge on any atom is 0.303 e. The van der Waals surface area contributed by atoms with Gasteiger partial charge in [0.15, 0.2) is 0 Å². The SMILES string of the molecule is CCCCCCCCC(O)CCC(=O)Nc1ccccc1.CCCCCCCCCCCCCCC(O)CCC(=O)O. The van der Waals surface area contributed by atoms with E-state index in [1.165, 1.54) is 103 Å². The van der Waals surface area contributed by atoms with Crippen LogP contribution in [0.15, 0.2) is 30.3 Å². The fraction of sp³-hybridized carbons (Fsp3) is 0.778. The molecule has 0 spiro atoms. The molecule has 42 heavy (non-hydrogen) atoms. The number of hydrogen-bond donors (Lipinski definition) is 4. The van der Waals surface area contributed by atoms with E-state index in [9.17, 15) is 19.8 Å². The normalized spacial score (nSPS) is 12.3. The first-order valence-corrected chi connectivity index (χ1v) is 17.3. The molecule has 1 rings (SSSR count). The molecule has 6 nitrogen and oxygen atoms in total. The average molecular weight is 592 g/mol. The van der Waals surface area contributed by atoms with Crippen molar-refractivity contribution in [3.8, 4) is 0 Å². The smallest absolute Gasteiger partial charge is 0.303 e. The molecule has 244 valence electrons. The van der Waals surface area contributed by atoms with E-state index in [0.717, 1.165) is 31.4 Å². The molecule has 0 radical (unpaired) electrons. The van der Waals surface area contributed by atoms with Gasteiger partial charge < -0.3 is 20.6 Å². The fourth-order valence-electron chi connectivity index (χ4n) is 5.00. The summed E-state index contributed by atoms with van der Waals surface area (Å²) in [6, 6.07) is 9.43. The highest BCUT2D eigenvalue weighted by atomic mass is 16.4. The molecule has 0 aliphatic carbocycles. The number of aliphatic carboxylic acids is 1. The minimum atomic E-state index is -0.816. The summed E-state index contributed by atoms with van der Waals surface area (Å²) in [5.41, 5.74) is 0.813. The number of carbonyl (C=O) groups excluding carboxylic acids is 1. The predicted octanol–water partition coefficient (Wildman–Crippen LogP) is 9.82. The van der Waals surface area contributed by atoms with Crippen molar-refractivity contribution in [1.29, 1.82) is 0 Å². The molecule has 4 N–H and O–H groups in total. The summed E-state index contributed by atoms with van der Waals surface area (Å²) in [5.74, 6) is -0.841. The third-order valence-corrected chi connectivity index (χ3v) is 7.74. The zero-order valence-corrected chi connectivity index (χ0v) is 27.2. The highest BCUT2D eigenvalue weighted by Gasteiger charge is 2.09. The van der Waals surface area contributed by atoms with Crippen LogP contribution in [0.3, 0.4) is 0 Å². The summed E-state index contributed by atoms with van der Waals surface area (Å²) in [7, 11) is 0. The number of carbonyl (C=O) groups is 2. The van der Waals surface area contributed by atoms with E-state index >= 15 is 0 Å². The van der Waals surface area contributed by atoms with Gasteiger partial charge in [-0.2, -0.15) is 0 Å². The number of para-hydroxylation sites is 1. The number of anilines is 1. The van der Waals surface area contributed by atoms with Gasteiger partial charge in [0.05, 0.1) is 12.2 Å². The van der Waals surface area contributed by atoms with Crippen molar-refractivity contribution in [1.82, 2.24) is 0 Å². The standard InChI is InChI=1S/C18H29NO2.C18H36O3/c1-2-3-4-5-6-10-13-17(20)14-15-18(21)19-16-11-8-7-9-12-16;1-2-3-4-5-6-7-8-9-10-11-12-13-14-17(19)15-16-18(20)21/h7-9,11-12,17,20H,2-6,10,13-15H2,1H3,(H,19,21);17,19H,2-16H2,1H3,(H,20,21). The topological polar surface area (TPSA) is 107 Å². The van der Waals surface area contributed by atoms with Crippen LogP contribution in [0.2, 0.25) is 0 Å². The Morgan fingerprint density at radius 2 is 0.952 bits per heavy atom. The van der Waals surface area contributed by atoms with Crippen LogP contribution in [-0.4, -0.2) is 39.4 Å². The Bertz CT molecular complexity index is 727. The number of amides is 1. The van der Waals surface area contributed by atoms with Crippen molar-refractivity contribution in [3.63, 3.8) is 0 Å². The van der Waals surface area contributed by atoms with Crippen LogP contribution in [0.4, 0.5) is 5.69 Å². The molecule has 0 saturated heterocycles. The summed E-state index contributed by atoms with van der Waals surface area (Å²) >= 11 is 0. The molecule has 1 aromatic carbocycles. The predicted molar refractivity (Wildman–Crippen MR) is 177 cm³/mol. The summed E-state index contributed by atoms with van der Waals surface area (Å²) in [6.45, 7) is 4.47. The van der Waals surface area contributed by atoms with E-state index in [0.29, 0.717) is 19.3 Å². The van der Waals surface area contributed by atoms with Gasteiger partial charge in [0.2, 0.25) is 5.91 Å². The van der Waals surface area contributed by atoms with Crippen molar-refractivity contribution >= 4 is 17.6 Å². The highest BCUT2D eigenvalue weighted by molar-refractivity contribution is 5.90. The minimum Gasteiger partial charge on any atom is -0.481 e. The Morgan fingerprint density at radius 1 is 0.571 bits per heavy atom. The number of benzene rings is 1. The second kappa shape index (κ2) is 30.5. The Hall–Kier alpha value is -1.92. The molecule has 2 unspecified atom stereocenters. The molecular weight excluding hydrogens is 526 g/mol. The Morgan fingerprint density at radius 3 is 1.36 bits per heavy atom. The van der Waals surface area contributed by atoms with Crippen molar-refractivity contribution < 1.29 is 24.9 Å². The summed E-state index contributed by atoms with van der Waals surface area (Å²) in [6.07, 6.45) is 25.3.